The minimum atomic E-state index is 1.15. The molecule has 0 bridgehead atoms. The Labute approximate surface area is 864 Å². The van der Waals surface area contributed by atoms with Gasteiger partial charge in [-0.05, 0) is 233 Å². The van der Waals surface area contributed by atoms with Crippen molar-refractivity contribution in [1.82, 2.24) is 36.5 Å². The Morgan fingerprint density at radius 1 is 0.0933 bits per heavy atom. The molecule has 8 nitrogen and oxygen atoms in total. The lowest BCUT2D eigenvalue weighted by Crippen LogP contribution is -1.98. The zero-order valence-corrected chi connectivity index (χ0v) is 81.8. The first kappa shape index (κ1) is 86.6. The van der Waals surface area contributed by atoms with Crippen LogP contribution >= 0.6 is 0 Å². The average Bonchev–Trinajstić information content (AvgIpc) is 1.53. The van der Waals surface area contributed by atoms with E-state index in [-0.39, 0.29) is 0 Å². The summed E-state index contributed by atoms with van der Waals surface area (Å²) in [5, 5.41) is 22.8. The highest BCUT2D eigenvalue weighted by molar-refractivity contribution is 6.26. The summed E-state index contributed by atoms with van der Waals surface area (Å²) in [7, 11) is 0. The fraction of sp³-hybridized carbons (Fsp3) is 0. The van der Waals surface area contributed by atoms with Gasteiger partial charge in [-0.3, -0.25) is 0 Å². The summed E-state index contributed by atoms with van der Waals surface area (Å²) in [6.45, 7) is 0. The Balaban J connectivity index is 0.0000000956. The Hall–Kier alpha value is -20.1. The van der Waals surface area contributed by atoms with Gasteiger partial charge in [0.2, 0.25) is 0 Å². The molecule has 0 radical (unpaired) electrons. The lowest BCUT2D eigenvalue weighted by Gasteiger charge is -2.13. The lowest BCUT2D eigenvalue weighted by molar-refractivity contribution is 1.15. The predicted octanol–water partition coefficient (Wildman–Crippen LogP) is 37.7. The number of hydrogen-bond donors (Lipinski definition) is 0. The fourth-order valence-corrected chi connectivity index (χ4v) is 24.0. The molecule has 8 aromatic heterocycles. The van der Waals surface area contributed by atoms with Crippen molar-refractivity contribution in [3.63, 3.8) is 0 Å². The Bertz CT molecular complexity index is 10500. The summed E-state index contributed by atoms with van der Waals surface area (Å²) in [5.41, 5.74) is 36.4. The highest BCUT2D eigenvalue weighted by atomic mass is 15.1. The molecule has 24 aromatic carbocycles. The molecule has 32 aromatic rings. The maximum Gasteiger partial charge on any atom is 0.0788 e. The largest absolute Gasteiger partial charge is 0.309 e. The molecule has 32 rings (SSSR count). The van der Waals surface area contributed by atoms with Gasteiger partial charge < -0.3 is 36.5 Å². The van der Waals surface area contributed by atoms with Crippen LogP contribution in [0.4, 0.5) is 0 Å². The topological polar surface area (TPSA) is 39.4 Å². The van der Waals surface area contributed by atoms with Crippen molar-refractivity contribution < 1.29 is 0 Å². The molecular weight excluding hydrogens is 1820 g/mol. The molecule has 0 fully saturated rings. The van der Waals surface area contributed by atoms with E-state index in [0.29, 0.717) is 0 Å². The van der Waals surface area contributed by atoms with Crippen molar-refractivity contribution in [2.45, 2.75) is 0 Å². The van der Waals surface area contributed by atoms with Gasteiger partial charge in [-0.2, -0.15) is 0 Å². The molecule has 0 saturated carbocycles. The van der Waals surface area contributed by atoms with Crippen LogP contribution in [0.15, 0.2) is 570 Å². The van der Waals surface area contributed by atoms with Crippen LogP contribution in [0.2, 0.25) is 0 Å². The van der Waals surface area contributed by atoms with Gasteiger partial charge >= 0.3 is 0 Å². The van der Waals surface area contributed by atoms with E-state index in [9.17, 15) is 0 Å². The van der Waals surface area contributed by atoms with Gasteiger partial charge in [-0.15, -0.1) is 0 Å². The zero-order chi connectivity index (χ0) is 98.8. The molecule has 0 aliphatic rings. The molecule has 0 aliphatic carbocycles. The van der Waals surface area contributed by atoms with Crippen LogP contribution in [0.3, 0.4) is 0 Å². The van der Waals surface area contributed by atoms with E-state index in [1.54, 1.807) is 0 Å². The van der Waals surface area contributed by atoms with Crippen LogP contribution in [-0.4, -0.2) is 36.5 Å². The third-order valence-electron chi connectivity index (χ3n) is 30.6. The third-order valence-corrected chi connectivity index (χ3v) is 30.6. The molecule has 150 heavy (non-hydrogen) atoms. The van der Waals surface area contributed by atoms with Gasteiger partial charge in [0.15, 0.2) is 0 Å². The number of nitrogens with zero attached hydrogens (tertiary/aromatic N) is 8. The van der Waals surface area contributed by atoms with Gasteiger partial charge in [-0.1, -0.05) is 376 Å². The smallest absolute Gasteiger partial charge is 0.0788 e. The fourth-order valence-electron chi connectivity index (χ4n) is 24.0. The molecule has 0 amide bonds. The second-order valence-corrected chi connectivity index (χ2v) is 38.9. The highest BCUT2D eigenvalue weighted by Gasteiger charge is 2.27. The van der Waals surface area contributed by atoms with E-state index in [0.717, 1.165) is 5.69 Å². The molecule has 0 spiro atoms. The Morgan fingerprint density at radius 2 is 0.287 bits per heavy atom. The van der Waals surface area contributed by atoms with Crippen molar-refractivity contribution >= 4 is 185 Å². The number of benzene rings is 24. The van der Waals surface area contributed by atoms with E-state index in [2.05, 4.69) is 607 Å². The molecule has 0 atom stereocenters. The monoisotopic (exact) mass is 1910 g/mol. The maximum atomic E-state index is 2.45. The van der Waals surface area contributed by atoms with Gasteiger partial charge in [0.1, 0.15) is 0 Å². The minimum Gasteiger partial charge on any atom is -0.309 e. The molecule has 0 unspecified atom stereocenters. The predicted molar refractivity (Wildman–Crippen MR) is 634 cm³/mol. The van der Waals surface area contributed by atoms with Crippen molar-refractivity contribution in [3.05, 3.63) is 570 Å². The SMILES string of the molecule is c1ccc(-c2cc(-c3ccccc3)cc(-c3ccc(-n4c5ccccc5c5cc6c(cc54)c4ccccc4n6-c4ccccc4)cc3)c2)cc1.c1ccc(-n2c3ccccc3c3cc4c(cc32)c2ccccc2n4-c2cccc3ccccc23)cc1.c1ccc(-n2c3ccccc3c3cc4c(cc32)c2ccccc2n4-c2ccccc2)cc1.c1ccc(-n2c3ccccc3c3ccc4c5ccccc5n(-c5ccccc5)c4c32)cc1. The average molecular weight is 1910 g/mol. The van der Waals surface area contributed by atoms with Crippen molar-refractivity contribution in [2.24, 2.45) is 0 Å². The molecular formula is C142H94N8. The summed E-state index contributed by atoms with van der Waals surface area (Å²) in [6.07, 6.45) is 0. The normalized spacial score (nSPS) is 11.7. The minimum absolute atomic E-state index is 1.15. The zero-order valence-electron chi connectivity index (χ0n) is 81.8. The number of fused-ring (bicyclic) bond motifs is 26. The summed E-state index contributed by atoms with van der Waals surface area (Å²) < 4.78 is 19.3. The first-order valence-corrected chi connectivity index (χ1v) is 51.5. The Kier molecular flexibility index (Phi) is 20.8. The Morgan fingerprint density at radius 3 is 0.567 bits per heavy atom. The standard InChI is InChI=1S/C48H32N2.C34H22N2.2C30H20N2/c1-4-14-33(15-5-1)36-28-37(34-16-6-2-7-17-34)30-38(29-36)35-24-26-40(27-25-35)50-46-23-13-11-21-42(46)44-31-47-43(32-48(44)50)41-20-10-12-22-45(41)49(47)39-18-8-3-9-19-39;1-2-13-24(14-3-1)35-31-18-8-6-16-26(31)28-22-34-29(21-33(28)35)27-17-7-9-19-32(27)36(34)30-20-10-12-23-11-4-5-15-25(23)30;1-3-11-21(12-4-1)31-27-17-9-7-15-23(27)25-20-30-26(19-29(25)31)24-16-8-10-18-28(24)32(30)22-13-5-2-6-14-22;1-3-11-21(12-4-1)31-27-17-9-7-15-23(27)25-19-20-26-24-16-8-10-18-28(24)32(30(26)29(25)31)22-13-5-2-6-14-22/h1-32H;1-22H;2*1-20H. The second-order valence-electron chi connectivity index (χ2n) is 38.9. The van der Waals surface area contributed by atoms with Crippen molar-refractivity contribution in [3.8, 4) is 78.9 Å². The maximum absolute atomic E-state index is 2.45. The molecule has 0 aliphatic heterocycles. The van der Waals surface area contributed by atoms with E-state index in [1.807, 2.05) is 0 Å². The molecule has 0 saturated heterocycles. The first-order valence-electron chi connectivity index (χ1n) is 51.5. The van der Waals surface area contributed by atoms with E-state index in [1.165, 1.54) is 258 Å². The second kappa shape index (κ2) is 36.1. The van der Waals surface area contributed by atoms with Gasteiger partial charge in [-0.25, -0.2) is 0 Å². The molecule has 8 heteroatoms. The first-order chi connectivity index (χ1) is 74.5. The van der Waals surface area contributed by atoms with Crippen LogP contribution < -0.4 is 0 Å². The number of para-hydroxylation sites is 14. The number of rotatable bonds is 11. The quantitative estimate of drug-likeness (QED) is 0.124. The summed E-state index contributed by atoms with van der Waals surface area (Å²) in [4.78, 5) is 0. The van der Waals surface area contributed by atoms with Crippen LogP contribution in [0.25, 0.3) is 264 Å². The third kappa shape index (κ3) is 14.3. The molecule has 702 valence electrons. The number of aromatic nitrogens is 8. The van der Waals surface area contributed by atoms with Crippen LogP contribution in [0.5, 0.6) is 0 Å². The van der Waals surface area contributed by atoms with Crippen LogP contribution in [-0.2, 0) is 0 Å². The van der Waals surface area contributed by atoms with E-state index < -0.39 is 0 Å². The lowest BCUT2D eigenvalue weighted by atomic mass is 9.93. The van der Waals surface area contributed by atoms with Gasteiger partial charge in [0.25, 0.3) is 0 Å². The van der Waals surface area contributed by atoms with E-state index >= 15 is 0 Å². The van der Waals surface area contributed by atoms with Gasteiger partial charge in [0.05, 0.1) is 94.0 Å². The van der Waals surface area contributed by atoms with Crippen LogP contribution in [0, 0.1) is 0 Å². The van der Waals surface area contributed by atoms with Crippen LogP contribution in [0.1, 0.15) is 0 Å². The number of hydrogen-bond acceptors (Lipinski definition) is 0. The van der Waals surface area contributed by atoms with E-state index in [4.69, 9.17) is 0 Å². The van der Waals surface area contributed by atoms with Crippen molar-refractivity contribution in [1.29, 1.82) is 0 Å². The summed E-state index contributed by atoms with van der Waals surface area (Å²) >= 11 is 0. The van der Waals surface area contributed by atoms with Crippen molar-refractivity contribution in [2.75, 3.05) is 0 Å². The van der Waals surface area contributed by atoms with Gasteiger partial charge in [0, 0.05) is 131 Å². The molecule has 0 N–H and O–H groups in total. The summed E-state index contributed by atoms with van der Waals surface area (Å²) in [5.74, 6) is 0. The molecule has 8 heterocycles. The highest BCUT2D eigenvalue weighted by Crippen LogP contribution is 2.48. The summed E-state index contributed by atoms with van der Waals surface area (Å²) in [6, 6.07) is 206.